The van der Waals surface area contributed by atoms with Gasteiger partial charge in [0.25, 0.3) is 6.08 Å². The number of allylic oxidation sites excluding steroid dienone is 1. The highest BCUT2D eigenvalue weighted by atomic mass is 19.3. The fourth-order valence-corrected chi connectivity index (χ4v) is 2.89. The molecule has 1 heterocycles. The van der Waals surface area contributed by atoms with E-state index in [9.17, 15) is 8.78 Å². The Morgan fingerprint density at radius 3 is 2.17 bits per heavy atom. The molecule has 1 aliphatic rings. The minimum atomic E-state index is -1.65. The summed E-state index contributed by atoms with van der Waals surface area (Å²) in [6.07, 6.45) is 0.0374. The van der Waals surface area contributed by atoms with Gasteiger partial charge in [-0.05, 0) is 56.1 Å². The molecule has 1 atom stereocenters. The highest BCUT2D eigenvalue weighted by Gasteiger charge is 2.54. The van der Waals surface area contributed by atoms with E-state index in [1.54, 1.807) is 0 Å². The molecule has 0 aliphatic carbocycles. The predicted octanol–water partition coefficient (Wildman–Crippen LogP) is 4.82. The first-order valence-corrected chi connectivity index (χ1v) is 8.42. The molecule has 5 heteroatoms. The van der Waals surface area contributed by atoms with Gasteiger partial charge < -0.3 is 9.31 Å². The molecule has 132 valence electrons. The molecule has 0 spiro atoms. The SMILES string of the molecule is CC(C)(C)c1ccc(B2OC(C)(C)C(C)(CCC=C(F)F)O2)cc1. The van der Waals surface area contributed by atoms with E-state index < -0.39 is 24.4 Å². The quantitative estimate of drug-likeness (QED) is 0.734. The van der Waals surface area contributed by atoms with Gasteiger partial charge in [0.05, 0.1) is 11.2 Å². The molecular formula is C19H27BF2O2. The summed E-state index contributed by atoms with van der Waals surface area (Å²) in [5.41, 5.74) is 1.11. The third-order valence-corrected chi connectivity index (χ3v) is 5.01. The van der Waals surface area contributed by atoms with E-state index in [1.165, 1.54) is 5.56 Å². The Labute approximate surface area is 144 Å². The Morgan fingerprint density at radius 1 is 1.08 bits per heavy atom. The largest absolute Gasteiger partial charge is 0.494 e. The van der Waals surface area contributed by atoms with Gasteiger partial charge >= 0.3 is 7.12 Å². The lowest BCUT2D eigenvalue weighted by Crippen LogP contribution is -2.44. The summed E-state index contributed by atoms with van der Waals surface area (Å²) in [5, 5.41) is 0. The van der Waals surface area contributed by atoms with Crippen LogP contribution in [0.3, 0.4) is 0 Å². The van der Waals surface area contributed by atoms with Crippen LogP contribution in [0.25, 0.3) is 0 Å². The van der Waals surface area contributed by atoms with Crippen molar-refractivity contribution in [2.24, 2.45) is 0 Å². The Hall–Kier alpha value is -1.20. The van der Waals surface area contributed by atoms with Gasteiger partial charge in [-0.25, -0.2) is 0 Å². The van der Waals surface area contributed by atoms with E-state index in [0.29, 0.717) is 6.42 Å². The minimum Gasteiger partial charge on any atom is -0.399 e. The lowest BCUT2D eigenvalue weighted by Gasteiger charge is -2.36. The van der Waals surface area contributed by atoms with Crippen LogP contribution in [0.4, 0.5) is 8.78 Å². The van der Waals surface area contributed by atoms with E-state index >= 15 is 0 Å². The lowest BCUT2D eigenvalue weighted by molar-refractivity contribution is -0.0149. The van der Waals surface area contributed by atoms with Crippen molar-refractivity contribution in [3.05, 3.63) is 42.0 Å². The zero-order valence-corrected chi connectivity index (χ0v) is 15.5. The van der Waals surface area contributed by atoms with Gasteiger partial charge in [-0.1, -0.05) is 45.0 Å². The van der Waals surface area contributed by atoms with Crippen LogP contribution in [0, 0.1) is 0 Å². The Balaban J connectivity index is 2.15. The molecule has 24 heavy (non-hydrogen) atoms. The van der Waals surface area contributed by atoms with Crippen molar-refractivity contribution in [1.29, 1.82) is 0 Å². The fraction of sp³-hybridized carbons (Fsp3) is 0.579. The number of hydrogen-bond donors (Lipinski definition) is 0. The van der Waals surface area contributed by atoms with Gasteiger partial charge in [0.15, 0.2) is 0 Å². The Morgan fingerprint density at radius 2 is 1.67 bits per heavy atom. The van der Waals surface area contributed by atoms with Crippen LogP contribution < -0.4 is 5.46 Å². The molecule has 0 aromatic heterocycles. The van der Waals surface area contributed by atoms with Crippen molar-refractivity contribution in [2.75, 3.05) is 0 Å². The molecule has 0 amide bonds. The molecular weight excluding hydrogens is 309 g/mol. The van der Waals surface area contributed by atoms with Crippen molar-refractivity contribution in [1.82, 2.24) is 0 Å². The van der Waals surface area contributed by atoms with E-state index in [2.05, 4.69) is 32.9 Å². The van der Waals surface area contributed by atoms with Crippen molar-refractivity contribution in [3.8, 4) is 0 Å². The van der Waals surface area contributed by atoms with Crippen LogP contribution in [0.1, 0.15) is 59.9 Å². The molecule has 0 radical (unpaired) electrons. The maximum absolute atomic E-state index is 12.3. The zero-order chi connectivity index (χ0) is 18.2. The zero-order valence-electron chi connectivity index (χ0n) is 15.5. The first-order chi connectivity index (χ1) is 10.9. The van der Waals surface area contributed by atoms with E-state index in [1.807, 2.05) is 32.9 Å². The summed E-state index contributed by atoms with van der Waals surface area (Å²) < 4.78 is 36.8. The topological polar surface area (TPSA) is 18.5 Å². The average Bonchev–Trinajstić information content (AvgIpc) is 2.68. The van der Waals surface area contributed by atoms with E-state index in [0.717, 1.165) is 11.5 Å². The Bertz CT molecular complexity index is 601. The summed E-state index contributed by atoms with van der Waals surface area (Å²) in [6.45, 7) is 12.3. The van der Waals surface area contributed by atoms with Gasteiger partial charge in [-0.2, -0.15) is 8.78 Å². The van der Waals surface area contributed by atoms with Gasteiger partial charge in [-0.3, -0.25) is 0 Å². The first kappa shape index (κ1) is 19.1. The van der Waals surface area contributed by atoms with Crippen LogP contribution >= 0.6 is 0 Å². The van der Waals surface area contributed by atoms with Crippen LogP contribution in [0.2, 0.25) is 0 Å². The predicted molar refractivity (Wildman–Crippen MR) is 94.7 cm³/mol. The normalized spacial score (nSPS) is 23.4. The number of benzene rings is 1. The van der Waals surface area contributed by atoms with Gasteiger partial charge in [0.1, 0.15) is 0 Å². The Kier molecular flexibility index (Phi) is 5.26. The fourth-order valence-electron chi connectivity index (χ4n) is 2.89. The molecule has 0 bridgehead atoms. The molecule has 0 N–H and O–H groups in total. The minimum absolute atomic E-state index is 0.0898. The number of rotatable bonds is 4. The molecule has 1 aliphatic heterocycles. The number of hydrogen-bond acceptors (Lipinski definition) is 2. The van der Waals surface area contributed by atoms with Crippen LogP contribution in [0.15, 0.2) is 36.4 Å². The number of halogens is 2. The molecule has 1 fully saturated rings. The highest BCUT2D eigenvalue weighted by molar-refractivity contribution is 6.62. The average molecular weight is 336 g/mol. The van der Waals surface area contributed by atoms with Gasteiger partial charge in [0.2, 0.25) is 0 Å². The van der Waals surface area contributed by atoms with Crippen molar-refractivity contribution in [3.63, 3.8) is 0 Å². The standard InChI is InChI=1S/C19H27BF2O2/c1-17(2,3)14-9-11-15(12-10-14)20-23-18(4,5)19(6,24-20)13-7-8-16(21)22/h8-12H,7,13H2,1-6H3. The molecule has 1 aromatic rings. The van der Waals surface area contributed by atoms with Crippen LogP contribution in [-0.2, 0) is 14.7 Å². The molecule has 0 saturated carbocycles. The highest BCUT2D eigenvalue weighted by Crippen LogP contribution is 2.40. The molecule has 2 rings (SSSR count). The van der Waals surface area contributed by atoms with E-state index in [4.69, 9.17) is 9.31 Å². The third-order valence-electron chi connectivity index (χ3n) is 5.01. The maximum atomic E-state index is 12.3. The lowest BCUT2D eigenvalue weighted by atomic mass is 9.77. The molecule has 1 unspecified atom stereocenters. The van der Waals surface area contributed by atoms with Gasteiger partial charge in [0, 0.05) is 0 Å². The molecule has 1 saturated heterocycles. The summed E-state index contributed by atoms with van der Waals surface area (Å²) in [4.78, 5) is 0. The summed E-state index contributed by atoms with van der Waals surface area (Å²) in [5.74, 6) is 0. The van der Waals surface area contributed by atoms with Crippen LogP contribution in [-0.4, -0.2) is 18.3 Å². The third kappa shape index (κ3) is 4.07. The summed E-state index contributed by atoms with van der Waals surface area (Å²) in [6, 6.07) is 8.22. The molecule has 2 nitrogen and oxygen atoms in total. The first-order valence-electron chi connectivity index (χ1n) is 8.42. The smallest absolute Gasteiger partial charge is 0.399 e. The van der Waals surface area contributed by atoms with Crippen LogP contribution in [0.5, 0.6) is 0 Å². The molecule has 1 aromatic carbocycles. The summed E-state index contributed by atoms with van der Waals surface area (Å²) in [7, 11) is -0.474. The maximum Gasteiger partial charge on any atom is 0.494 e. The second-order valence-electron chi connectivity index (χ2n) is 8.21. The van der Waals surface area contributed by atoms with Crippen molar-refractivity contribution < 1.29 is 18.1 Å². The second kappa shape index (κ2) is 6.60. The summed E-state index contributed by atoms with van der Waals surface area (Å²) >= 11 is 0. The second-order valence-corrected chi connectivity index (χ2v) is 8.21. The van der Waals surface area contributed by atoms with E-state index in [-0.39, 0.29) is 11.8 Å². The van der Waals surface area contributed by atoms with Crippen molar-refractivity contribution in [2.45, 2.75) is 71.0 Å². The van der Waals surface area contributed by atoms with Gasteiger partial charge in [-0.15, -0.1) is 0 Å². The monoisotopic (exact) mass is 336 g/mol. The van der Waals surface area contributed by atoms with Crippen molar-refractivity contribution >= 4 is 12.6 Å².